The molecule has 6 atom stereocenters. The molecule has 0 bridgehead atoms. The SMILES string of the molecule is COc1ccc(S(=O)(=O)N2CCCC2C(=O)NC2C(O)O[C@H](CO)C(O)[C@@H]2O)cc1OC. The van der Waals surface area contributed by atoms with Gasteiger partial charge in [0.1, 0.15) is 30.4 Å². The molecule has 0 aliphatic carbocycles. The fourth-order valence-electron chi connectivity index (χ4n) is 3.92. The van der Waals surface area contributed by atoms with Gasteiger partial charge in [-0.05, 0) is 25.0 Å². The topological polar surface area (TPSA) is 175 Å². The lowest BCUT2D eigenvalue weighted by Gasteiger charge is -2.40. The predicted molar refractivity (Wildman–Crippen MR) is 108 cm³/mol. The molecule has 32 heavy (non-hydrogen) atoms. The summed E-state index contributed by atoms with van der Waals surface area (Å²) in [5.41, 5.74) is 0. The van der Waals surface area contributed by atoms with Crippen molar-refractivity contribution in [3.8, 4) is 11.5 Å². The van der Waals surface area contributed by atoms with Crippen molar-refractivity contribution in [2.24, 2.45) is 0 Å². The van der Waals surface area contributed by atoms with Crippen molar-refractivity contribution in [3.05, 3.63) is 18.2 Å². The van der Waals surface area contributed by atoms with Gasteiger partial charge in [0.05, 0.1) is 25.7 Å². The maximum atomic E-state index is 13.2. The van der Waals surface area contributed by atoms with E-state index in [4.69, 9.17) is 19.3 Å². The summed E-state index contributed by atoms with van der Waals surface area (Å²) < 4.78 is 42.8. The van der Waals surface area contributed by atoms with Gasteiger partial charge in [-0.15, -0.1) is 0 Å². The van der Waals surface area contributed by atoms with Crippen LogP contribution in [0.4, 0.5) is 0 Å². The average Bonchev–Trinajstić information content (AvgIpc) is 3.29. The molecule has 2 heterocycles. The third-order valence-corrected chi connectivity index (χ3v) is 7.58. The molecular weight excluding hydrogens is 448 g/mol. The van der Waals surface area contributed by atoms with Crippen molar-refractivity contribution in [1.29, 1.82) is 0 Å². The molecule has 2 fully saturated rings. The van der Waals surface area contributed by atoms with E-state index < -0.39 is 59.2 Å². The molecule has 12 nitrogen and oxygen atoms in total. The highest BCUT2D eigenvalue weighted by molar-refractivity contribution is 7.89. The van der Waals surface area contributed by atoms with E-state index in [1.807, 2.05) is 0 Å². The number of nitrogens with one attached hydrogen (secondary N) is 1. The van der Waals surface area contributed by atoms with Crippen molar-refractivity contribution in [3.63, 3.8) is 0 Å². The molecule has 1 aromatic carbocycles. The average molecular weight is 477 g/mol. The Morgan fingerprint density at radius 2 is 1.88 bits per heavy atom. The van der Waals surface area contributed by atoms with Crippen molar-refractivity contribution in [2.75, 3.05) is 27.4 Å². The molecule has 2 aliphatic rings. The Bertz CT molecular complexity index is 927. The Morgan fingerprint density at radius 1 is 1.19 bits per heavy atom. The normalized spacial score (nSPS) is 31.3. The van der Waals surface area contributed by atoms with Gasteiger partial charge in [-0.3, -0.25) is 4.79 Å². The number of carbonyl (C=O) groups excluding carboxylic acids is 1. The van der Waals surface area contributed by atoms with Crippen molar-refractivity contribution >= 4 is 15.9 Å². The summed E-state index contributed by atoms with van der Waals surface area (Å²) in [6.07, 6.45) is -5.46. The number of rotatable bonds is 7. The van der Waals surface area contributed by atoms with E-state index in [-0.39, 0.29) is 23.6 Å². The van der Waals surface area contributed by atoms with E-state index in [2.05, 4.69) is 5.32 Å². The first-order valence-corrected chi connectivity index (χ1v) is 11.4. The monoisotopic (exact) mass is 476 g/mol. The van der Waals surface area contributed by atoms with Gasteiger partial charge in [-0.2, -0.15) is 4.31 Å². The Labute approximate surface area is 185 Å². The predicted octanol–water partition coefficient (Wildman–Crippen LogP) is -2.23. The minimum absolute atomic E-state index is 0.0860. The first-order chi connectivity index (χ1) is 15.1. The second-order valence-corrected chi connectivity index (χ2v) is 9.44. The minimum Gasteiger partial charge on any atom is -0.493 e. The number of hydrogen-bond acceptors (Lipinski definition) is 10. The third kappa shape index (κ3) is 4.55. The summed E-state index contributed by atoms with van der Waals surface area (Å²) in [5, 5.41) is 41.9. The summed E-state index contributed by atoms with van der Waals surface area (Å²) in [6, 6.07) is 1.58. The molecule has 2 aliphatic heterocycles. The van der Waals surface area contributed by atoms with Gasteiger partial charge in [0.2, 0.25) is 15.9 Å². The largest absolute Gasteiger partial charge is 0.493 e. The van der Waals surface area contributed by atoms with Gasteiger partial charge in [-0.1, -0.05) is 0 Å². The van der Waals surface area contributed by atoms with E-state index >= 15 is 0 Å². The lowest BCUT2D eigenvalue weighted by Crippen LogP contribution is -2.65. The number of sulfonamides is 1. The standard InChI is InChI=1S/C19H28N2O10S/c1-29-12-6-5-10(8-13(12)30-2)32(27,28)21-7-3-4-11(21)18(25)20-15-17(24)16(23)14(9-22)31-19(15)26/h5-6,8,11,14-17,19,22-24,26H,3-4,7,9H2,1-2H3,(H,20,25)/t11?,14-,15?,16?,17-,19?/m1/s1. The summed E-state index contributed by atoms with van der Waals surface area (Å²) in [6.45, 7) is -0.549. The first kappa shape index (κ1) is 24.6. The quantitative estimate of drug-likeness (QED) is 0.290. The number of aliphatic hydroxyl groups is 4. The zero-order chi connectivity index (χ0) is 23.6. The van der Waals surface area contributed by atoms with Gasteiger partial charge < -0.3 is 40.0 Å². The molecule has 5 N–H and O–H groups in total. The molecule has 0 spiro atoms. The summed E-state index contributed by atoms with van der Waals surface area (Å²) >= 11 is 0. The number of methoxy groups -OCH3 is 2. The number of hydrogen-bond donors (Lipinski definition) is 5. The maximum absolute atomic E-state index is 13.2. The van der Waals surface area contributed by atoms with Gasteiger partial charge in [-0.25, -0.2) is 8.42 Å². The molecule has 4 unspecified atom stereocenters. The number of benzene rings is 1. The smallest absolute Gasteiger partial charge is 0.243 e. The summed E-state index contributed by atoms with van der Waals surface area (Å²) in [5.74, 6) is -0.193. The molecule has 13 heteroatoms. The highest BCUT2D eigenvalue weighted by Gasteiger charge is 2.46. The zero-order valence-electron chi connectivity index (χ0n) is 17.6. The number of carbonyl (C=O) groups is 1. The molecule has 0 radical (unpaired) electrons. The van der Waals surface area contributed by atoms with Crippen LogP contribution in [0.5, 0.6) is 11.5 Å². The highest BCUT2D eigenvalue weighted by atomic mass is 32.2. The molecule has 0 saturated carbocycles. The highest BCUT2D eigenvalue weighted by Crippen LogP contribution is 2.33. The van der Waals surface area contributed by atoms with Gasteiger partial charge in [0.15, 0.2) is 17.8 Å². The lowest BCUT2D eigenvalue weighted by atomic mass is 9.96. The van der Waals surface area contributed by atoms with Crippen LogP contribution >= 0.6 is 0 Å². The van der Waals surface area contributed by atoms with Crippen LogP contribution in [0.1, 0.15) is 12.8 Å². The van der Waals surface area contributed by atoms with Crippen LogP contribution in [0.15, 0.2) is 23.1 Å². The minimum atomic E-state index is -4.08. The fourth-order valence-corrected chi connectivity index (χ4v) is 5.59. The zero-order valence-corrected chi connectivity index (χ0v) is 18.4. The molecule has 2 saturated heterocycles. The fraction of sp³-hybridized carbons (Fsp3) is 0.632. The van der Waals surface area contributed by atoms with E-state index in [0.717, 1.165) is 4.31 Å². The Hall–Kier alpha value is -2.00. The van der Waals surface area contributed by atoms with Crippen molar-refractivity contribution < 1.29 is 47.8 Å². The van der Waals surface area contributed by atoms with E-state index in [0.29, 0.717) is 12.2 Å². The van der Waals surface area contributed by atoms with E-state index in [1.54, 1.807) is 0 Å². The molecule has 1 amide bonds. The van der Waals surface area contributed by atoms with Crippen LogP contribution in [0.3, 0.4) is 0 Å². The van der Waals surface area contributed by atoms with Crippen LogP contribution in [0.25, 0.3) is 0 Å². The van der Waals surface area contributed by atoms with Gasteiger partial charge in [0, 0.05) is 12.6 Å². The van der Waals surface area contributed by atoms with Gasteiger partial charge >= 0.3 is 0 Å². The molecule has 1 aromatic rings. The van der Waals surface area contributed by atoms with Crippen molar-refractivity contribution in [2.45, 2.75) is 54.4 Å². The first-order valence-electron chi connectivity index (χ1n) is 10.0. The molecule has 0 aromatic heterocycles. The Kier molecular flexibility index (Phi) is 7.60. The number of aliphatic hydroxyl groups excluding tert-OH is 4. The second kappa shape index (κ2) is 9.87. The number of ether oxygens (including phenoxy) is 3. The second-order valence-electron chi connectivity index (χ2n) is 7.55. The molecule has 3 rings (SSSR count). The summed E-state index contributed by atoms with van der Waals surface area (Å²) in [7, 11) is -1.29. The van der Waals surface area contributed by atoms with E-state index in [9.17, 15) is 28.5 Å². The van der Waals surface area contributed by atoms with Gasteiger partial charge in [0.25, 0.3) is 0 Å². The number of amides is 1. The molecular formula is C19H28N2O10S. The van der Waals surface area contributed by atoms with Crippen molar-refractivity contribution in [1.82, 2.24) is 9.62 Å². The summed E-state index contributed by atoms with van der Waals surface area (Å²) in [4.78, 5) is 12.8. The van der Waals surface area contributed by atoms with Crippen LogP contribution in [0, 0.1) is 0 Å². The van der Waals surface area contributed by atoms with Crippen LogP contribution < -0.4 is 14.8 Å². The Balaban J connectivity index is 1.79. The van der Waals surface area contributed by atoms with Crippen LogP contribution in [-0.2, 0) is 19.6 Å². The van der Waals surface area contributed by atoms with Crippen LogP contribution in [0.2, 0.25) is 0 Å². The lowest BCUT2D eigenvalue weighted by molar-refractivity contribution is -0.254. The molecule has 180 valence electrons. The number of nitrogens with zero attached hydrogens (tertiary/aromatic N) is 1. The van der Waals surface area contributed by atoms with Crippen LogP contribution in [-0.4, -0.2) is 103 Å². The Morgan fingerprint density at radius 3 is 2.50 bits per heavy atom. The third-order valence-electron chi connectivity index (χ3n) is 5.68. The maximum Gasteiger partial charge on any atom is 0.243 e. The van der Waals surface area contributed by atoms with E-state index in [1.165, 1.54) is 32.4 Å².